The fraction of sp³-hybridized carbons (Fsp3) is 0.867. The van der Waals surface area contributed by atoms with Crippen molar-refractivity contribution in [2.45, 2.75) is 44.6 Å². The fourth-order valence-electron chi connectivity index (χ4n) is 4.19. The Bertz CT molecular complexity index is 391. The second-order valence-corrected chi connectivity index (χ2v) is 6.66. The van der Waals surface area contributed by atoms with Gasteiger partial charge in [0.15, 0.2) is 0 Å². The predicted octanol–water partition coefficient (Wildman–Crippen LogP) is 0.915. The summed E-state index contributed by atoms with van der Waals surface area (Å²) in [6.07, 6.45) is 6.47. The zero-order valence-electron chi connectivity index (χ0n) is 11.9. The standard InChI is InChI=1S/C15H24N2O3/c16-14(18)9-17-5-3-12(4-6-17)20-15(19)13-8-10-1-2-11(13)7-10/h10-13H,1-9H2,(H2,16,18). The molecular weight excluding hydrogens is 256 g/mol. The van der Waals surface area contributed by atoms with Crippen LogP contribution in [0.2, 0.25) is 0 Å². The number of hydrogen-bond acceptors (Lipinski definition) is 4. The van der Waals surface area contributed by atoms with Gasteiger partial charge >= 0.3 is 5.97 Å². The summed E-state index contributed by atoms with van der Waals surface area (Å²) in [6.45, 7) is 1.89. The van der Waals surface area contributed by atoms with Crippen LogP contribution in [0.5, 0.6) is 0 Å². The van der Waals surface area contributed by atoms with E-state index in [1.165, 1.54) is 19.3 Å². The number of likely N-dealkylation sites (tertiary alicyclic amines) is 1. The van der Waals surface area contributed by atoms with Crippen LogP contribution < -0.4 is 5.73 Å². The molecule has 1 amide bonds. The van der Waals surface area contributed by atoms with E-state index in [2.05, 4.69) is 0 Å². The molecule has 0 radical (unpaired) electrons. The van der Waals surface area contributed by atoms with E-state index < -0.39 is 0 Å². The molecule has 20 heavy (non-hydrogen) atoms. The zero-order chi connectivity index (χ0) is 14.1. The molecule has 0 aromatic heterocycles. The smallest absolute Gasteiger partial charge is 0.309 e. The van der Waals surface area contributed by atoms with Crippen molar-refractivity contribution >= 4 is 11.9 Å². The van der Waals surface area contributed by atoms with E-state index in [4.69, 9.17) is 10.5 Å². The Morgan fingerprint density at radius 1 is 1.10 bits per heavy atom. The van der Waals surface area contributed by atoms with E-state index in [9.17, 15) is 9.59 Å². The lowest BCUT2D eigenvalue weighted by molar-refractivity contribution is -0.158. The van der Waals surface area contributed by atoms with E-state index in [1.807, 2.05) is 4.90 Å². The van der Waals surface area contributed by atoms with E-state index in [0.29, 0.717) is 12.5 Å². The minimum atomic E-state index is -0.289. The number of carbonyl (C=O) groups is 2. The molecule has 2 bridgehead atoms. The van der Waals surface area contributed by atoms with Crippen LogP contribution in [0.1, 0.15) is 38.5 Å². The molecule has 3 rings (SSSR count). The van der Waals surface area contributed by atoms with Crippen molar-refractivity contribution in [3.8, 4) is 0 Å². The number of nitrogens with zero attached hydrogens (tertiary/aromatic N) is 1. The maximum absolute atomic E-state index is 12.3. The minimum Gasteiger partial charge on any atom is -0.462 e. The number of hydrogen-bond donors (Lipinski definition) is 1. The van der Waals surface area contributed by atoms with Crippen LogP contribution in [0, 0.1) is 17.8 Å². The highest BCUT2D eigenvalue weighted by atomic mass is 16.5. The molecular formula is C15H24N2O3. The molecule has 5 heteroatoms. The predicted molar refractivity (Wildman–Crippen MR) is 73.7 cm³/mol. The number of carbonyl (C=O) groups excluding carboxylic acids is 2. The second-order valence-electron chi connectivity index (χ2n) is 6.66. The molecule has 0 spiro atoms. The first-order chi connectivity index (χ1) is 9.61. The lowest BCUT2D eigenvalue weighted by Crippen LogP contribution is -2.42. The summed E-state index contributed by atoms with van der Waals surface area (Å²) in [4.78, 5) is 25.2. The summed E-state index contributed by atoms with van der Waals surface area (Å²) in [5, 5.41) is 0. The Hall–Kier alpha value is -1.10. The first-order valence-corrected chi connectivity index (χ1v) is 7.83. The number of rotatable bonds is 4. The summed E-state index contributed by atoms with van der Waals surface area (Å²) < 4.78 is 5.70. The highest BCUT2D eigenvalue weighted by Crippen LogP contribution is 2.48. The lowest BCUT2D eigenvalue weighted by Gasteiger charge is -2.32. The molecule has 5 nitrogen and oxygen atoms in total. The van der Waals surface area contributed by atoms with Crippen molar-refractivity contribution in [3.05, 3.63) is 0 Å². The molecule has 2 aliphatic carbocycles. The van der Waals surface area contributed by atoms with Crippen molar-refractivity contribution in [1.82, 2.24) is 4.90 Å². The third-order valence-corrected chi connectivity index (χ3v) is 5.24. The molecule has 1 heterocycles. The molecule has 2 saturated carbocycles. The summed E-state index contributed by atoms with van der Waals surface area (Å²) in [6, 6.07) is 0. The third-order valence-electron chi connectivity index (χ3n) is 5.24. The average Bonchev–Trinajstić information content (AvgIpc) is 3.03. The fourth-order valence-corrected chi connectivity index (χ4v) is 4.19. The van der Waals surface area contributed by atoms with Gasteiger partial charge in [0.2, 0.25) is 5.91 Å². The minimum absolute atomic E-state index is 0.0329. The molecule has 3 fully saturated rings. The average molecular weight is 280 g/mol. The van der Waals surface area contributed by atoms with Crippen LogP contribution in [0.3, 0.4) is 0 Å². The van der Waals surface area contributed by atoms with E-state index in [-0.39, 0.29) is 23.9 Å². The topological polar surface area (TPSA) is 72.6 Å². The molecule has 0 aromatic carbocycles. The number of nitrogens with two attached hydrogens (primary N) is 1. The second kappa shape index (κ2) is 5.72. The van der Waals surface area contributed by atoms with Crippen LogP contribution in [-0.4, -0.2) is 42.5 Å². The monoisotopic (exact) mass is 280 g/mol. The Morgan fingerprint density at radius 2 is 1.85 bits per heavy atom. The van der Waals surface area contributed by atoms with E-state index in [0.717, 1.165) is 38.3 Å². The van der Waals surface area contributed by atoms with Crippen LogP contribution in [-0.2, 0) is 14.3 Å². The first kappa shape index (κ1) is 13.9. The summed E-state index contributed by atoms with van der Waals surface area (Å²) in [7, 11) is 0. The van der Waals surface area contributed by atoms with Crippen molar-refractivity contribution < 1.29 is 14.3 Å². The number of amides is 1. The maximum atomic E-state index is 12.3. The van der Waals surface area contributed by atoms with Crippen LogP contribution in [0.15, 0.2) is 0 Å². The van der Waals surface area contributed by atoms with Gasteiger partial charge in [-0.2, -0.15) is 0 Å². The molecule has 2 N–H and O–H groups in total. The van der Waals surface area contributed by atoms with Gasteiger partial charge < -0.3 is 10.5 Å². The quantitative estimate of drug-likeness (QED) is 0.777. The van der Waals surface area contributed by atoms with Crippen molar-refractivity contribution in [3.63, 3.8) is 0 Å². The number of fused-ring (bicyclic) bond motifs is 2. The number of piperidine rings is 1. The van der Waals surface area contributed by atoms with Gasteiger partial charge in [-0.1, -0.05) is 6.42 Å². The molecule has 3 atom stereocenters. The Kier molecular flexibility index (Phi) is 3.96. The van der Waals surface area contributed by atoms with Crippen LogP contribution in [0.4, 0.5) is 0 Å². The molecule has 0 aromatic rings. The SMILES string of the molecule is NC(=O)CN1CCC(OC(=O)C2CC3CCC2C3)CC1. The van der Waals surface area contributed by atoms with Gasteiger partial charge in [0.1, 0.15) is 6.10 Å². The number of esters is 1. The molecule has 3 aliphatic rings. The van der Waals surface area contributed by atoms with Crippen molar-refractivity contribution in [2.75, 3.05) is 19.6 Å². The van der Waals surface area contributed by atoms with E-state index >= 15 is 0 Å². The normalized spacial score (nSPS) is 34.3. The van der Waals surface area contributed by atoms with Crippen molar-refractivity contribution in [2.24, 2.45) is 23.5 Å². The van der Waals surface area contributed by atoms with Crippen LogP contribution >= 0.6 is 0 Å². The summed E-state index contributed by atoms with van der Waals surface area (Å²) in [5.41, 5.74) is 5.19. The van der Waals surface area contributed by atoms with Gasteiger partial charge in [0.05, 0.1) is 12.5 Å². The molecule has 1 saturated heterocycles. The Balaban J connectivity index is 1.43. The zero-order valence-corrected chi connectivity index (χ0v) is 11.9. The molecule has 112 valence electrons. The van der Waals surface area contributed by atoms with Gasteiger partial charge in [-0.05, 0) is 43.9 Å². The maximum Gasteiger partial charge on any atom is 0.309 e. The van der Waals surface area contributed by atoms with Gasteiger partial charge in [-0.15, -0.1) is 0 Å². The van der Waals surface area contributed by atoms with Crippen molar-refractivity contribution in [1.29, 1.82) is 0 Å². The number of primary amides is 1. The van der Waals surface area contributed by atoms with Crippen LogP contribution in [0.25, 0.3) is 0 Å². The lowest BCUT2D eigenvalue weighted by atomic mass is 9.89. The van der Waals surface area contributed by atoms with Gasteiger partial charge in [-0.25, -0.2) is 0 Å². The highest BCUT2D eigenvalue weighted by molar-refractivity contribution is 5.76. The Labute approximate surface area is 119 Å². The first-order valence-electron chi connectivity index (χ1n) is 7.83. The molecule has 3 unspecified atom stereocenters. The van der Waals surface area contributed by atoms with Gasteiger partial charge in [0.25, 0.3) is 0 Å². The highest BCUT2D eigenvalue weighted by Gasteiger charge is 2.44. The number of ether oxygens (including phenoxy) is 1. The van der Waals surface area contributed by atoms with Gasteiger partial charge in [0, 0.05) is 13.1 Å². The summed E-state index contributed by atoms with van der Waals surface area (Å²) in [5.74, 6) is 1.27. The van der Waals surface area contributed by atoms with E-state index in [1.54, 1.807) is 0 Å². The largest absolute Gasteiger partial charge is 0.462 e. The van der Waals surface area contributed by atoms with Gasteiger partial charge in [-0.3, -0.25) is 14.5 Å². The summed E-state index contributed by atoms with van der Waals surface area (Å²) >= 11 is 0. The molecule has 1 aliphatic heterocycles. The third kappa shape index (κ3) is 2.97. The Morgan fingerprint density at radius 3 is 2.40 bits per heavy atom.